The quantitative estimate of drug-likeness (QED) is 0.764. The summed E-state index contributed by atoms with van der Waals surface area (Å²) >= 11 is 0. The van der Waals surface area contributed by atoms with Crippen LogP contribution in [-0.2, 0) is 24.2 Å². The number of hydrogen-bond acceptors (Lipinski definition) is 1. The number of benzene rings is 1. The molecule has 0 N–H and O–H groups in total. The standard InChI is InChI=1S/C18H22NO/c1-4-16-8-10-19(11-9-16)13-17(20)12-18-14(2)6-5-7-15(18)3/h5-11H,4,12-13H2,1-3H3/q+1. The highest BCUT2D eigenvalue weighted by molar-refractivity contribution is 5.80. The highest BCUT2D eigenvalue weighted by atomic mass is 16.1. The summed E-state index contributed by atoms with van der Waals surface area (Å²) in [5, 5.41) is 0. The molecule has 2 heteroatoms. The number of aryl methyl sites for hydroxylation is 3. The van der Waals surface area contributed by atoms with Gasteiger partial charge in [0.2, 0.25) is 12.3 Å². The van der Waals surface area contributed by atoms with Crippen molar-refractivity contribution in [1.82, 2.24) is 0 Å². The Hall–Kier alpha value is -1.96. The van der Waals surface area contributed by atoms with E-state index in [0.717, 1.165) is 6.42 Å². The van der Waals surface area contributed by atoms with Crippen LogP contribution in [0.2, 0.25) is 0 Å². The number of hydrogen-bond donors (Lipinski definition) is 0. The van der Waals surface area contributed by atoms with Crippen LogP contribution in [0.15, 0.2) is 42.7 Å². The molecule has 1 aromatic heterocycles. The largest absolute Gasteiger partial charge is 0.292 e. The predicted octanol–water partition coefficient (Wildman–Crippen LogP) is 2.97. The predicted molar refractivity (Wildman–Crippen MR) is 80.6 cm³/mol. The van der Waals surface area contributed by atoms with Crippen molar-refractivity contribution in [3.63, 3.8) is 0 Å². The number of Topliss-reactive ketones (excluding diaryl/α,β-unsaturated/α-hetero) is 1. The van der Waals surface area contributed by atoms with E-state index in [1.165, 1.54) is 22.3 Å². The summed E-state index contributed by atoms with van der Waals surface area (Å²) in [6.45, 7) is 6.71. The zero-order chi connectivity index (χ0) is 14.5. The van der Waals surface area contributed by atoms with Gasteiger partial charge in [-0.1, -0.05) is 25.1 Å². The molecule has 0 aliphatic rings. The Morgan fingerprint density at radius 1 is 1.05 bits per heavy atom. The van der Waals surface area contributed by atoms with Crippen LogP contribution in [0.3, 0.4) is 0 Å². The number of ketones is 1. The fourth-order valence-corrected chi connectivity index (χ4v) is 2.41. The molecule has 0 unspecified atom stereocenters. The number of nitrogens with zero attached hydrogens (tertiary/aromatic N) is 1. The van der Waals surface area contributed by atoms with E-state index in [2.05, 4.69) is 45.0 Å². The summed E-state index contributed by atoms with van der Waals surface area (Å²) in [5.41, 5.74) is 4.86. The minimum atomic E-state index is 0.247. The first-order chi connectivity index (χ1) is 9.60. The zero-order valence-corrected chi connectivity index (χ0v) is 12.5. The Kier molecular flexibility index (Phi) is 4.67. The van der Waals surface area contributed by atoms with Crippen molar-refractivity contribution >= 4 is 5.78 Å². The first kappa shape index (κ1) is 14.4. The second kappa shape index (κ2) is 6.47. The lowest BCUT2D eigenvalue weighted by molar-refractivity contribution is -0.684. The summed E-state index contributed by atoms with van der Waals surface area (Å²) in [4.78, 5) is 12.2. The highest BCUT2D eigenvalue weighted by Gasteiger charge is 2.13. The van der Waals surface area contributed by atoms with Gasteiger partial charge in [-0.25, -0.2) is 0 Å². The van der Waals surface area contributed by atoms with Crippen molar-refractivity contribution in [1.29, 1.82) is 0 Å². The van der Waals surface area contributed by atoms with Crippen molar-refractivity contribution in [2.45, 2.75) is 40.2 Å². The number of pyridine rings is 1. The first-order valence-electron chi connectivity index (χ1n) is 7.15. The number of carbonyl (C=O) groups excluding carboxylic acids is 1. The molecule has 0 amide bonds. The molecule has 0 bridgehead atoms. The molecule has 20 heavy (non-hydrogen) atoms. The molecular formula is C18H22NO+. The lowest BCUT2D eigenvalue weighted by Gasteiger charge is -2.07. The lowest BCUT2D eigenvalue weighted by Crippen LogP contribution is -2.37. The van der Waals surface area contributed by atoms with Crippen LogP contribution in [0.4, 0.5) is 0 Å². The van der Waals surface area contributed by atoms with Crippen LogP contribution < -0.4 is 4.57 Å². The molecule has 2 rings (SSSR count). The van der Waals surface area contributed by atoms with Gasteiger partial charge >= 0.3 is 0 Å². The fraction of sp³-hybridized carbons (Fsp3) is 0.333. The minimum absolute atomic E-state index is 0.247. The Bertz CT molecular complexity index is 579. The van der Waals surface area contributed by atoms with Gasteiger partial charge in [0.25, 0.3) is 0 Å². The van der Waals surface area contributed by atoms with E-state index in [-0.39, 0.29) is 5.78 Å². The Balaban J connectivity index is 2.05. The molecule has 104 valence electrons. The van der Waals surface area contributed by atoms with Crippen LogP contribution >= 0.6 is 0 Å². The number of carbonyl (C=O) groups is 1. The van der Waals surface area contributed by atoms with Gasteiger partial charge in [0.1, 0.15) is 0 Å². The van der Waals surface area contributed by atoms with Crippen molar-refractivity contribution in [3.05, 3.63) is 65.0 Å². The summed E-state index contributed by atoms with van der Waals surface area (Å²) in [6.07, 6.45) is 5.51. The number of rotatable bonds is 5. The molecule has 2 aromatic rings. The molecule has 2 nitrogen and oxygen atoms in total. The third kappa shape index (κ3) is 3.53. The minimum Gasteiger partial charge on any atom is -0.292 e. The van der Waals surface area contributed by atoms with Crippen LogP contribution in [0, 0.1) is 13.8 Å². The van der Waals surface area contributed by atoms with Gasteiger partial charge in [-0.3, -0.25) is 4.79 Å². The molecule has 0 saturated carbocycles. The van der Waals surface area contributed by atoms with Crippen molar-refractivity contribution in [2.75, 3.05) is 0 Å². The molecule has 0 spiro atoms. The van der Waals surface area contributed by atoms with Gasteiger partial charge < -0.3 is 0 Å². The Morgan fingerprint density at radius 2 is 1.65 bits per heavy atom. The summed E-state index contributed by atoms with van der Waals surface area (Å²) in [6, 6.07) is 10.3. The van der Waals surface area contributed by atoms with E-state index >= 15 is 0 Å². The molecule has 1 heterocycles. The van der Waals surface area contributed by atoms with E-state index in [4.69, 9.17) is 0 Å². The maximum absolute atomic E-state index is 12.2. The molecule has 0 aliphatic carbocycles. The third-order valence-corrected chi connectivity index (χ3v) is 3.75. The van der Waals surface area contributed by atoms with E-state index in [1.54, 1.807) is 0 Å². The smallest absolute Gasteiger partial charge is 0.206 e. The van der Waals surface area contributed by atoms with Gasteiger partial charge in [0.05, 0.1) is 0 Å². The number of aromatic nitrogens is 1. The second-order valence-electron chi connectivity index (χ2n) is 5.32. The fourth-order valence-electron chi connectivity index (χ4n) is 2.41. The van der Waals surface area contributed by atoms with Gasteiger partial charge in [0.15, 0.2) is 12.4 Å². The van der Waals surface area contributed by atoms with E-state index < -0.39 is 0 Å². The maximum Gasteiger partial charge on any atom is 0.206 e. The molecule has 0 radical (unpaired) electrons. The van der Waals surface area contributed by atoms with Gasteiger partial charge in [-0.05, 0) is 42.5 Å². The van der Waals surface area contributed by atoms with E-state index in [0.29, 0.717) is 13.0 Å². The van der Waals surface area contributed by atoms with Crippen molar-refractivity contribution < 1.29 is 9.36 Å². The zero-order valence-electron chi connectivity index (χ0n) is 12.5. The summed E-state index contributed by atoms with van der Waals surface area (Å²) in [5.74, 6) is 0.247. The summed E-state index contributed by atoms with van der Waals surface area (Å²) < 4.78 is 1.95. The SMILES string of the molecule is CCc1cc[n+](CC(=O)Cc2c(C)cccc2C)cc1. The molecule has 0 fully saturated rings. The van der Waals surface area contributed by atoms with Crippen molar-refractivity contribution in [2.24, 2.45) is 0 Å². The molecule has 1 aromatic carbocycles. The first-order valence-corrected chi connectivity index (χ1v) is 7.15. The molecule has 0 saturated heterocycles. The monoisotopic (exact) mass is 268 g/mol. The van der Waals surface area contributed by atoms with Crippen LogP contribution in [0.1, 0.15) is 29.2 Å². The topological polar surface area (TPSA) is 20.9 Å². The molecule has 0 aliphatic heterocycles. The van der Waals surface area contributed by atoms with E-state index in [1.807, 2.05) is 23.0 Å². The Labute approximate surface area is 121 Å². The normalized spacial score (nSPS) is 10.6. The van der Waals surface area contributed by atoms with Crippen LogP contribution in [0.5, 0.6) is 0 Å². The lowest BCUT2D eigenvalue weighted by atomic mass is 9.98. The molecule has 0 atom stereocenters. The van der Waals surface area contributed by atoms with Gasteiger partial charge in [0, 0.05) is 18.6 Å². The van der Waals surface area contributed by atoms with Gasteiger partial charge in [-0.2, -0.15) is 4.57 Å². The van der Waals surface area contributed by atoms with Gasteiger partial charge in [-0.15, -0.1) is 0 Å². The maximum atomic E-state index is 12.2. The van der Waals surface area contributed by atoms with E-state index in [9.17, 15) is 4.79 Å². The summed E-state index contributed by atoms with van der Waals surface area (Å²) in [7, 11) is 0. The Morgan fingerprint density at radius 3 is 2.20 bits per heavy atom. The van der Waals surface area contributed by atoms with Crippen molar-refractivity contribution in [3.8, 4) is 0 Å². The van der Waals surface area contributed by atoms with Crippen LogP contribution in [0.25, 0.3) is 0 Å². The highest BCUT2D eigenvalue weighted by Crippen LogP contribution is 2.14. The molecular weight excluding hydrogens is 246 g/mol. The average Bonchev–Trinajstić information content (AvgIpc) is 2.44. The van der Waals surface area contributed by atoms with Crippen LogP contribution in [-0.4, -0.2) is 5.78 Å². The third-order valence-electron chi connectivity index (χ3n) is 3.75. The second-order valence-corrected chi connectivity index (χ2v) is 5.32. The average molecular weight is 268 g/mol.